The van der Waals surface area contributed by atoms with Crippen LogP contribution >= 0.6 is 11.8 Å². The summed E-state index contributed by atoms with van der Waals surface area (Å²) in [6.07, 6.45) is 1.68. The molecule has 126 valence electrons. The average Bonchev–Trinajstić information content (AvgIpc) is 2.56. The fourth-order valence-electron chi connectivity index (χ4n) is 1.91. The number of benzene rings is 1. The molecule has 2 rings (SSSR count). The molecule has 1 aromatic carbocycles. The number of hydrogen-bond acceptors (Lipinski definition) is 4. The molecule has 3 N–H and O–H groups in total. The van der Waals surface area contributed by atoms with Crippen LogP contribution in [0.25, 0.3) is 0 Å². The molecule has 0 fully saturated rings. The Morgan fingerprint density at radius 2 is 1.67 bits per heavy atom. The first kappa shape index (κ1) is 17.8. The third-order valence-corrected chi connectivity index (χ3v) is 4.01. The van der Waals surface area contributed by atoms with Crippen LogP contribution in [0.15, 0.2) is 47.6 Å². The third kappa shape index (κ3) is 4.99. The quantitative estimate of drug-likeness (QED) is 0.724. The van der Waals surface area contributed by atoms with Crippen molar-refractivity contribution < 1.29 is 9.59 Å². The first-order chi connectivity index (χ1) is 11.5. The van der Waals surface area contributed by atoms with Gasteiger partial charge in [-0.15, -0.1) is 11.8 Å². The monoisotopic (exact) mass is 344 g/mol. The standard InChI is InChI=1S/C17H20N4O2S/c1-11(2)24-16-14(5-4-10-19-16)15(22)20-12-6-8-13(9-7-12)21-17(23)18-3/h4-11H,1-3H3,(H,20,22)(H2,18,21,23). The highest BCUT2D eigenvalue weighted by atomic mass is 32.2. The van der Waals surface area contributed by atoms with E-state index < -0.39 is 0 Å². The number of aromatic nitrogens is 1. The van der Waals surface area contributed by atoms with Gasteiger partial charge in [0.25, 0.3) is 5.91 Å². The molecule has 0 bridgehead atoms. The Morgan fingerprint density at radius 1 is 1.04 bits per heavy atom. The normalized spacial score (nSPS) is 10.3. The van der Waals surface area contributed by atoms with Crippen molar-refractivity contribution in [2.75, 3.05) is 17.7 Å². The van der Waals surface area contributed by atoms with Gasteiger partial charge < -0.3 is 16.0 Å². The minimum Gasteiger partial charge on any atom is -0.341 e. The van der Waals surface area contributed by atoms with Gasteiger partial charge in [0.2, 0.25) is 0 Å². The highest BCUT2D eigenvalue weighted by molar-refractivity contribution is 7.99. The lowest BCUT2D eigenvalue weighted by Gasteiger charge is -2.11. The van der Waals surface area contributed by atoms with Crippen molar-refractivity contribution in [1.82, 2.24) is 10.3 Å². The second kappa shape index (κ2) is 8.35. The number of nitrogens with zero attached hydrogens (tertiary/aromatic N) is 1. The molecule has 0 unspecified atom stereocenters. The Kier molecular flexibility index (Phi) is 6.20. The number of urea groups is 1. The van der Waals surface area contributed by atoms with Gasteiger partial charge in [0.05, 0.1) is 5.56 Å². The van der Waals surface area contributed by atoms with E-state index in [1.54, 1.807) is 61.4 Å². The molecule has 7 heteroatoms. The van der Waals surface area contributed by atoms with Crippen LogP contribution in [0.2, 0.25) is 0 Å². The van der Waals surface area contributed by atoms with E-state index in [9.17, 15) is 9.59 Å². The smallest absolute Gasteiger partial charge is 0.318 e. The molecule has 0 radical (unpaired) electrons. The van der Waals surface area contributed by atoms with Crippen LogP contribution in [0.5, 0.6) is 0 Å². The predicted octanol–water partition coefficient (Wildman–Crippen LogP) is 3.59. The summed E-state index contributed by atoms with van der Waals surface area (Å²) in [6, 6.07) is 10.1. The van der Waals surface area contributed by atoms with E-state index in [4.69, 9.17) is 0 Å². The molecule has 1 aromatic heterocycles. The first-order valence-corrected chi connectivity index (χ1v) is 8.39. The zero-order valence-corrected chi connectivity index (χ0v) is 14.6. The number of hydrogen-bond donors (Lipinski definition) is 3. The maximum absolute atomic E-state index is 12.5. The molecule has 0 aliphatic carbocycles. The summed E-state index contributed by atoms with van der Waals surface area (Å²) in [5, 5.41) is 9.02. The number of carbonyl (C=O) groups is 2. The van der Waals surface area contributed by atoms with Crippen molar-refractivity contribution >= 4 is 35.1 Å². The highest BCUT2D eigenvalue weighted by Crippen LogP contribution is 2.25. The number of thioether (sulfide) groups is 1. The summed E-state index contributed by atoms with van der Waals surface area (Å²) < 4.78 is 0. The Morgan fingerprint density at radius 3 is 2.25 bits per heavy atom. The Bertz CT molecular complexity index is 717. The predicted molar refractivity (Wildman–Crippen MR) is 97.7 cm³/mol. The van der Waals surface area contributed by atoms with Crippen molar-refractivity contribution in [2.45, 2.75) is 24.1 Å². The van der Waals surface area contributed by atoms with Crippen LogP contribution in [-0.2, 0) is 0 Å². The molecular formula is C17H20N4O2S. The van der Waals surface area contributed by atoms with Crippen LogP contribution in [0.3, 0.4) is 0 Å². The van der Waals surface area contributed by atoms with Gasteiger partial charge in [-0.05, 0) is 36.4 Å². The fourth-order valence-corrected chi connectivity index (χ4v) is 2.77. The Hall–Kier alpha value is -2.54. The third-order valence-electron chi connectivity index (χ3n) is 2.99. The van der Waals surface area contributed by atoms with Gasteiger partial charge in [-0.2, -0.15) is 0 Å². The van der Waals surface area contributed by atoms with Crippen molar-refractivity contribution in [1.29, 1.82) is 0 Å². The average molecular weight is 344 g/mol. The number of carbonyl (C=O) groups excluding carboxylic acids is 2. The number of nitrogens with one attached hydrogen (secondary N) is 3. The molecule has 0 aliphatic rings. The lowest BCUT2D eigenvalue weighted by atomic mass is 10.2. The van der Waals surface area contributed by atoms with E-state index in [1.165, 1.54) is 0 Å². The lowest BCUT2D eigenvalue weighted by Crippen LogP contribution is -2.24. The van der Waals surface area contributed by atoms with Gasteiger partial charge in [-0.1, -0.05) is 13.8 Å². The number of amides is 3. The second-order valence-electron chi connectivity index (χ2n) is 5.26. The lowest BCUT2D eigenvalue weighted by molar-refractivity contribution is 0.102. The van der Waals surface area contributed by atoms with E-state index in [2.05, 4.69) is 34.8 Å². The van der Waals surface area contributed by atoms with E-state index in [1.807, 2.05) is 0 Å². The largest absolute Gasteiger partial charge is 0.341 e. The Balaban J connectivity index is 2.08. The topological polar surface area (TPSA) is 83.1 Å². The molecule has 0 saturated carbocycles. The molecule has 0 atom stereocenters. The number of anilines is 2. The van der Waals surface area contributed by atoms with Crippen LogP contribution in [0.4, 0.5) is 16.2 Å². The molecule has 3 amide bonds. The molecule has 0 aliphatic heterocycles. The molecule has 0 saturated heterocycles. The molecule has 6 nitrogen and oxygen atoms in total. The molecule has 0 spiro atoms. The van der Waals surface area contributed by atoms with E-state index in [0.29, 0.717) is 27.2 Å². The molecular weight excluding hydrogens is 324 g/mol. The summed E-state index contributed by atoms with van der Waals surface area (Å²) in [7, 11) is 1.55. The zero-order chi connectivity index (χ0) is 17.5. The van der Waals surface area contributed by atoms with Crippen molar-refractivity contribution in [2.24, 2.45) is 0 Å². The summed E-state index contributed by atoms with van der Waals surface area (Å²) in [6.45, 7) is 4.11. The van der Waals surface area contributed by atoms with Crippen molar-refractivity contribution in [3.63, 3.8) is 0 Å². The van der Waals surface area contributed by atoms with Crippen LogP contribution in [0.1, 0.15) is 24.2 Å². The van der Waals surface area contributed by atoms with Gasteiger partial charge >= 0.3 is 6.03 Å². The van der Waals surface area contributed by atoms with Crippen LogP contribution in [0, 0.1) is 0 Å². The van der Waals surface area contributed by atoms with Gasteiger partial charge in [0.1, 0.15) is 5.03 Å². The minimum absolute atomic E-state index is 0.210. The Labute approximate surface area is 145 Å². The summed E-state index contributed by atoms with van der Waals surface area (Å²) in [5.41, 5.74) is 1.83. The fraction of sp³-hybridized carbons (Fsp3) is 0.235. The number of rotatable bonds is 5. The summed E-state index contributed by atoms with van der Waals surface area (Å²) >= 11 is 1.55. The van der Waals surface area contributed by atoms with E-state index in [0.717, 1.165) is 0 Å². The van der Waals surface area contributed by atoms with Crippen LogP contribution in [-0.4, -0.2) is 29.2 Å². The maximum atomic E-state index is 12.5. The number of pyridine rings is 1. The SMILES string of the molecule is CNC(=O)Nc1ccc(NC(=O)c2cccnc2SC(C)C)cc1. The van der Waals surface area contributed by atoms with Crippen LogP contribution < -0.4 is 16.0 Å². The van der Waals surface area contributed by atoms with Gasteiger partial charge in [-0.3, -0.25) is 4.79 Å². The second-order valence-corrected chi connectivity index (χ2v) is 6.82. The van der Waals surface area contributed by atoms with Crippen molar-refractivity contribution in [3.05, 3.63) is 48.2 Å². The van der Waals surface area contributed by atoms with Crippen molar-refractivity contribution in [3.8, 4) is 0 Å². The van der Waals surface area contributed by atoms with E-state index >= 15 is 0 Å². The molecule has 2 aromatic rings. The molecule has 1 heterocycles. The minimum atomic E-state index is -0.294. The highest BCUT2D eigenvalue weighted by Gasteiger charge is 2.14. The molecule has 24 heavy (non-hydrogen) atoms. The zero-order valence-electron chi connectivity index (χ0n) is 13.8. The maximum Gasteiger partial charge on any atom is 0.318 e. The van der Waals surface area contributed by atoms with Gasteiger partial charge in [0.15, 0.2) is 0 Å². The van der Waals surface area contributed by atoms with Gasteiger partial charge in [-0.25, -0.2) is 9.78 Å². The first-order valence-electron chi connectivity index (χ1n) is 7.51. The summed E-state index contributed by atoms with van der Waals surface area (Å²) in [4.78, 5) is 28.0. The van der Waals surface area contributed by atoms with E-state index in [-0.39, 0.29) is 11.9 Å². The van der Waals surface area contributed by atoms with Gasteiger partial charge in [0, 0.05) is 29.9 Å². The summed E-state index contributed by atoms with van der Waals surface area (Å²) in [5.74, 6) is -0.210.